The highest BCUT2D eigenvalue weighted by Crippen LogP contribution is 2.35. The van der Waals surface area contributed by atoms with E-state index in [9.17, 15) is 9.90 Å². The van der Waals surface area contributed by atoms with E-state index in [1.807, 2.05) is 49.4 Å². The molecule has 4 aromatic rings. The second-order valence-corrected chi connectivity index (χ2v) is 9.34. The van der Waals surface area contributed by atoms with E-state index in [-0.39, 0.29) is 24.7 Å². The summed E-state index contributed by atoms with van der Waals surface area (Å²) in [5.41, 5.74) is 2.85. The third-order valence-corrected chi connectivity index (χ3v) is 7.02. The Bertz CT molecular complexity index is 1400. The van der Waals surface area contributed by atoms with Crippen LogP contribution in [0.2, 0.25) is 0 Å². The molecule has 1 aliphatic rings. The van der Waals surface area contributed by atoms with Gasteiger partial charge in [-0.1, -0.05) is 42.5 Å². The smallest absolute Gasteiger partial charge is 0.318 e. The van der Waals surface area contributed by atoms with Crippen molar-refractivity contribution >= 4 is 22.5 Å². The van der Waals surface area contributed by atoms with E-state index in [0.29, 0.717) is 37.0 Å². The Morgan fingerprint density at radius 2 is 2.00 bits per heavy atom. The van der Waals surface area contributed by atoms with E-state index in [2.05, 4.69) is 33.4 Å². The molecule has 0 spiro atoms. The zero-order valence-electron chi connectivity index (χ0n) is 21.3. The summed E-state index contributed by atoms with van der Waals surface area (Å²) >= 11 is 0. The first kappa shape index (κ1) is 24.6. The van der Waals surface area contributed by atoms with Crippen molar-refractivity contribution in [2.75, 3.05) is 38.3 Å². The molecule has 1 fully saturated rings. The normalized spacial score (nSPS) is 16.6. The van der Waals surface area contributed by atoms with Crippen LogP contribution < -0.4 is 15.0 Å². The van der Waals surface area contributed by atoms with Gasteiger partial charge >= 0.3 is 6.03 Å². The van der Waals surface area contributed by atoms with Gasteiger partial charge in [0.05, 0.1) is 37.6 Å². The maximum absolute atomic E-state index is 13.3. The number of benzene rings is 3. The van der Waals surface area contributed by atoms with Crippen LogP contribution in [0.3, 0.4) is 0 Å². The molecular formula is C29H32N4O4. The standard InChI is InChI=1S/C29H32N4O4/c1-19(24-10-6-8-21-7-4-5-9-25(21)24)31-29(35)33-14-13-32(17-23(33)18-34)22-11-12-26(27(15-22)36-3)28-16-30-20(2)37-28/h4-12,15-16,19,23,34H,13-14,17-18H2,1-3H3,(H,31,35)/t19-,23?/m0/s1. The summed E-state index contributed by atoms with van der Waals surface area (Å²) in [6, 6.07) is 19.5. The quantitative estimate of drug-likeness (QED) is 0.397. The molecule has 0 aliphatic carbocycles. The van der Waals surface area contributed by atoms with Crippen LogP contribution in [0.25, 0.3) is 22.1 Å². The number of anilines is 1. The van der Waals surface area contributed by atoms with Gasteiger partial charge in [-0.3, -0.25) is 0 Å². The van der Waals surface area contributed by atoms with Crippen molar-refractivity contribution in [3.8, 4) is 17.1 Å². The highest BCUT2D eigenvalue weighted by molar-refractivity contribution is 5.87. The monoisotopic (exact) mass is 500 g/mol. The molecule has 5 rings (SSSR count). The predicted octanol–water partition coefficient (Wildman–Crippen LogP) is 4.77. The van der Waals surface area contributed by atoms with E-state index in [1.54, 1.807) is 25.1 Å². The summed E-state index contributed by atoms with van der Waals surface area (Å²) in [6.45, 7) is 5.31. The number of hydrogen-bond acceptors (Lipinski definition) is 6. The Kier molecular flexibility index (Phi) is 7.01. The highest BCUT2D eigenvalue weighted by Gasteiger charge is 2.31. The van der Waals surface area contributed by atoms with Gasteiger partial charge in [-0.25, -0.2) is 9.78 Å². The molecule has 2 amide bonds. The van der Waals surface area contributed by atoms with Crippen molar-refractivity contribution < 1.29 is 19.1 Å². The first-order chi connectivity index (χ1) is 18.0. The first-order valence-corrected chi connectivity index (χ1v) is 12.5. The Hall–Kier alpha value is -4.04. The summed E-state index contributed by atoms with van der Waals surface area (Å²) in [4.78, 5) is 21.4. The van der Waals surface area contributed by atoms with Gasteiger partial charge in [0, 0.05) is 38.3 Å². The molecule has 8 nitrogen and oxygen atoms in total. The van der Waals surface area contributed by atoms with Crippen LogP contribution in [0.15, 0.2) is 71.3 Å². The summed E-state index contributed by atoms with van der Waals surface area (Å²) in [5, 5.41) is 15.6. The molecular weight excluding hydrogens is 468 g/mol. The second-order valence-electron chi connectivity index (χ2n) is 9.34. The Morgan fingerprint density at radius 1 is 1.19 bits per heavy atom. The van der Waals surface area contributed by atoms with Crippen LogP contribution in [0, 0.1) is 6.92 Å². The molecule has 1 aromatic heterocycles. The Labute approximate surface area is 216 Å². The van der Waals surface area contributed by atoms with Gasteiger partial charge in [0.2, 0.25) is 0 Å². The SMILES string of the molecule is COc1cc(N2CCN(C(=O)N[C@@H](C)c3cccc4ccccc34)C(CO)C2)ccc1-c1cnc(C)o1. The third kappa shape index (κ3) is 4.97. The number of urea groups is 1. The number of aryl methyl sites for hydroxylation is 1. The minimum Gasteiger partial charge on any atom is -0.496 e. The fraction of sp³-hybridized carbons (Fsp3) is 0.310. The zero-order valence-corrected chi connectivity index (χ0v) is 21.3. The maximum atomic E-state index is 13.3. The largest absolute Gasteiger partial charge is 0.496 e. The number of aliphatic hydroxyl groups is 1. The minimum atomic E-state index is -0.337. The lowest BCUT2D eigenvalue weighted by molar-refractivity contribution is 0.122. The van der Waals surface area contributed by atoms with Gasteiger partial charge in [-0.15, -0.1) is 0 Å². The van der Waals surface area contributed by atoms with Crippen LogP contribution in [-0.2, 0) is 0 Å². The molecule has 3 aromatic carbocycles. The lowest BCUT2D eigenvalue weighted by Gasteiger charge is -2.42. The fourth-order valence-corrected chi connectivity index (χ4v) is 5.05. The lowest BCUT2D eigenvalue weighted by Crippen LogP contribution is -2.59. The number of hydrogen-bond donors (Lipinski definition) is 2. The average molecular weight is 501 g/mol. The topological polar surface area (TPSA) is 91.1 Å². The molecule has 1 aliphatic heterocycles. The number of carbonyl (C=O) groups excluding carboxylic acids is 1. The number of rotatable bonds is 6. The fourth-order valence-electron chi connectivity index (χ4n) is 5.05. The molecule has 0 bridgehead atoms. The highest BCUT2D eigenvalue weighted by atomic mass is 16.5. The molecule has 1 unspecified atom stereocenters. The van der Waals surface area contributed by atoms with Crippen molar-refractivity contribution in [1.82, 2.24) is 15.2 Å². The van der Waals surface area contributed by atoms with Crippen molar-refractivity contribution in [2.24, 2.45) is 0 Å². The number of piperazine rings is 1. The van der Waals surface area contributed by atoms with Gasteiger partial charge in [0.15, 0.2) is 11.7 Å². The van der Waals surface area contributed by atoms with Crippen molar-refractivity contribution in [2.45, 2.75) is 25.9 Å². The first-order valence-electron chi connectivity index (χ1n) is 12.5. The number of carbonyl (C=O) groups is 1. The summed E-state index contributed by atoms with van der Waals surface area (Å²) in [6.07, 6.45) is 1.69. The predicted molar refractivity (Wildman–Crippen MR) is 144 cm³/mol. The van der Waals surface area contributed by atoms with Crippen LogP contribution in [0.1, 0.15) is 24.4 Å². The third-order valence-electron chi connectivity index (χ3n) is 7.02. The Morgan fingerprint density at radius 3 is 2.76 bits per heavy atom. The van der Waals surface area contributed by atoms with E-state index in [1.165, 1.54) is 0 Å². The van der Waals surface area contributed by atoms with Gasteiger partial charge in [0.25, 0.3) is 0 Å². The van der Waals surface area contributed by atoms with Gasteiger partial charge in [0.1, 0.15) is 5.75 Å². The lowest BCUT2D eigenvalue weighted by atomic mass is 10.00. The van der Waals surface area contributed by atoms with Crippen LogP contribution in [0.4, 0.5) is 10.5 Å². The molecule has 0 radical (unpaired) electrons. The van der Waals surface area contributed by atoms with Crippen LogP contribution in [-0.4, -0.2) is 60.4 Å². The van der Waals surface area contributed by atoms with E-state index in [0.717, 1.165) is 27.6 Å². The maximum Gasteiger partial charge on any atom is 0.318 e. The average Bonchev–Trinajstić information content (AvgIpc) is 3.37. The number of methoxy groups -OCH3 is 1. The molecule has 192 valence electrons. The Balaban J connectivity index is 1.29. The van der Waals surface area contributed by atoms with Gasteiger partial charge < -0.3 is 29.4 Å². The van der Waals surface area contributed by atoms with Gasteiger partial charge in [-0.05, 0) is 35.4 Å². The van der Waals surface area contributed by atoms with Crippen LogP contribution in [0.5, 0.6) is 5.75 Å². The number of nitrogens with one attached hydrogen (secondary N) is 1. The zero-order chi connectivity index (χ0) is 25.9. The van der Waals surface area contributed by atoms with E-state index >= 15 is 0 Å². The summed E-state index contributed by atoms with van der Waals surface area (Å²) < 4.78 is 11.3. The van der Waals surface area contributed by atoms with Gasteiger partial charge in [-0.2, -0.15) is 0 Å². The summed E-state index contributed by atoms with van der Waals surface area (Å²) in [5.74, 6) is 1.92. The van der Waals surface area contributed by atoms with Crippen molar-refractivity contribution in [1.29, 1.82) is 0 Å². The van der Waals surface area contributed by atoms with E-state index < -0.39 is 0 Å². The number of aliphatic hydroxyl groups excluding tert-OH is 1. The minimum absolute atomic E-state index is 0.126. The molecule has 2 atom stereocenters. The number of ether oxygens (including phenoxy) is 1. The number of nitrogens with zero attached hydrogens (tertiary/aromatic N) is 3. The molecule has 37 heavy (non-hydrogen) atoms. The number of oxazole rings is 1. The number of aromatic nitrogens is 1. The molecule has 1 saturated heterocycles. The molecule has 2 N–H and O–H groups in total. The van der Waals surface area contributed by atoms with E-state index in [4.69, 9.17) is 9.15 Å². The second kappa shape index (κ2) is 10.5. The van der Waals surface area contributed by atoms with Crippen molar-refractivity contribution in [3.63, 3.8) is 0 Å². The van der Waals surface area contributed by atoms with Crippen molar-refractivity contribution in [3.05, 3.63) is 78.3 Å². The van der Waals surface area contributed by atoms with Crippen LogP contribution >= 0.6 is 0 Å². The summed E-state index contributed by atoms with van der Waals surface area (Å²) in [7, 11) is 1.63. The molecule has 0 saturated carbocycles. The number of amides is 2. The number of fused-ring (bicyclic) bond motifs is 1. The molecule has 8 heteroatoms. The molecule has 2 heterocycles.